The summed E-state index contributed by atoms with van der Waals surface area (Å²) in [5, 5.41) is 6.78. The summed E-state index contributed by atoms with van der Waals surface area (Å²) < 4.78 is 136. The number of H-pyrrole nitrogens is 1. The summed E-state index contributed by atoms with van der Waals surface area (Å²) in [7, 11) is 0. The van der Waals surface area contributed by atoms with Gasteiger partial charge >= 0.3 is 18.8 Å². The Morgan fingerprint density at radius 2 is 1.67 bits per heavy atom. The molecule has 246 valence electrons. The first kappa shape index (κ1) is 33.6. The fourth-order valence-electron chi connectivity index (χ4n) is 4.67. The van der Waals surface area contributed by atoms with E-state index in [9.17, 15) is 53.5 Å². The summed E-state index contributed by atoms with van der Waals surface area (Å²) in [6, 6.07) is 2.96. The van der Waals surface area contributed by atoms with Gasteiger partial charge in [-0.1, -0.05) is 6.07 Å². The number of rotatable bonds is 10. The lowest BCUT2D eigenvalue weighted by Crippen LogP contribution is -2.40. The molecule has 0 aliphatic heterocycles. The van der Waals surface area contributed by atoms with Gasteiger partial charge in [0, 0.05) is 12.6 Å². The monoisotopic (exact) mass is 658 g/mol. The zero-order valence-electron chi connectivity index (χ0n) is 22.8. The number of alkyl halides is 10. The van der Waals surface area contributed by atoms with Crippen molar-refractivity contribution in [1.82, 2.24) is 25.6 Å². The molecule has 4 N–H and O–H groups in total. The van der Waals surface area contributed by atoms with Crippen LogP contribution in [0.25, 0.3) is 11.2 Å². The number of carbonyl (C=O) groups is 2. The van der Waals surface area contributed by atoms with Gasteiger partial charge in [-0.15, -0.1) is 0 Å². The summed E-state index contributed by atoms with van der Waals surface area (Å²) in [6.07, 6.45) is -16.0. The lowest BCUT2D eigenvalue weighted by molar-refractivity contribution is -0.182. The van der Waals surface area contributed by atoms with Gasteiger partial charge in [0.05, 0.1) is 22.7 Å². The Balaban J connectivity index is 1.60. The van der Waals surface area contributed by atoms with Crippen LogP contribution in [0, 0.1) is 5.92 Å². The van der Waals surface area contributed by atoms with Crippen molar-refractivity contribution in [2.75, 3.05) is 11.9 Å². The van der Waals surface area contributed by atoms with Crippen molar-refractivity contribution in [2.45, 2.75) is 63.5 Å². The Morgan fingerprint density at radius 1 is 0.978 bits per heavy atom. The number of nitrogens with zero attached hydrogens (tertiary/aromatic N) is 2. The number of ether oxygens (including phenoxy) is 1. The molecule has 0 spiro atoms. The van der Waals surface area contributed by atoms with Crippen LogP contribution in [0.2, 0.25) is 0 Å². The van der Waals surface area contributed by atoms with Crippen molar-refractivity contribution in [3.63, 3.8) is 0 Å². The number of fused-ring (bicyclic) bond motifs is 1. The number of imidazole rings is 1. The molecule has 45 heavy (non-hydrogen) atoms. The zero-order valence-corrected chi connectivity index (χ0v) is 22.8. The van der Waals surface area contributed by atoms with Crippen LogP contribution in [-0.4, -0.2) is 58.4 Å². The lowest BCUT2D eigenvalue weighted by atomic mass is 9.85. The highest BCUT2D eigenvalue weighted by Gasteiger charge is 2.41. The van der Waals surface area contributed by atoms with Gasteiger partial charge in [-0.2, -0.15) is 45.1 Å². The van der Waals surface area contributed by atoms with E-state index >= 15 is 0 Å². The summed E-state index contributed by atoms with van der Waals surface area (Å²) in [6.45, 7) is -1.71. The smallest absolute Gasteiger partial charge is 0.418 e. The highest BCUT2D eigenvalue weighted by Crippen LogP contribution is 2.38. The third-order valence-corrected chi connectivity index (χ3v) is 6.86. The summed E-state index contributed by atoms with van der Waals surface area (Å²) in [5.41, 5.74) is -2.49. The van der Waals surface area contributed by atoms with Gasteiger partial charge in [0.2, 0.25) is 11.8 Å². The van der Waals surface area contributed by atoms with Crippen LogP contribution in [0.5, 0.6) is 5.88 Å². The maximum absolute atomic E-state index is 13.7. The van der Waals surface area contributed by atoms with Crippen molar-refractivity contribution >= 4 is 34.6 Å². The first-order valence-electron chi connectivity index (χ1n) is 13.2. The number of aromatic nitrogens is 3. The molecule has 1 aliphatic rings. The van der Waals surface area contributed by atoms with E-state index in [1.165, 1.54) is 0 Å². The van der Waals surface area contributed by atoms with Crippen LogP contribution in [-0.2, 0) is 17.5 Å². The Bertz CT molecular complexity index is 1520. The number of carbonyl (C=O) groups excluding carboxylic acids is 2. The number of nitrogens with one attached hydrogen (secondary N) is 4. The average Bonchev–Trinajstić information content (AvgIpc) is 3.34. The minimum Gasteiger partial charge on any atom is -0.471 e. The summed E-state index contributed by atoms with van der Waals surface area (Å²) in [4.78, 5) is 34.7. The molecule has 1 aromatic carbocycles. The molecule has 2 aromatic heterocycles. The molecule has 19 heteroatoms. The molecule has 0 unspecified atom stereocenters. The van der Waals surface area contributed by atoms with Crippen molar-refractivity contribution in [1.29, 1.82) is 0 Å². The minimum absolute atomic E-state index is 0.00333. The number of pyridine rings is 1. The van der Waals surface area contributed by atoms with Crippen molar-refractivity contribution in [2.24, 2.45) is 5.92 Å². The Hall–Kier alpha value is -4.32. The van der Waals surface area contributed by atoms with E-state index in [-0.39, 0.29) is 53.9 Å². The fourth-order valence-corrected chi connectivity index (χ4v) is 4.67. The second-order valence-electron chi connectivity index (χ2n) is 10.1. The number of anilines is 2. The molecular weight excluding hydrogens is 634 g/mol. The van der Waals surface area contributed by atoms with Crippen molar-refractivity contribution < 1.29 is 58.2 Å². The molecule has 1 aliphatic carbocycles. The normalized spacial score (nSPS) is 17.5. The molecule has 2 amide bonds. The molecule has 1 fully saturated rings. The van der Waals surface area contributed by atoms with E-state index in [0.717, 1.165) is 18.2 Å². The number of halogens is 10. The topological polar surface area (TPSA) is 121 Å². The first-order valence-corrected chi connectivity index (χ1v) is 13.2. The maximum atomic E-state index is 13.7. The van der Waals surface area contributed by atoms with Gasteiger partial charge in [-0.25, -0.2) is 8.78 Å². The predicted molar refractivity (Wildman–Crippen MR) is 137 cm³/mol. The van der Waals surface area contributed by atoms with Gasteiger partial charge in [-0.05, 0) is 49.4 Å². The van der Waals surface area contributed by atoms with Crippen LogP contribution >= 0.6 is 0 Å². The van der Waals surface area contributed by atoms with Crippen LogP contribution < -0.4 is 20.7 Å². The zero-order chi connectivity index (χ0) is 33.1. The number of amides is 2. The summed E-state index contributed by atoms with van der Waals surface area (Å²) in [5.74, 6) is -5.01. The maximum Gasteiger partial charge on any atom is 0.418 e. The largest absolute Gasteiger partial charge is 0.471 e. The van der Waals surface area contributed by atoms with Crippen LogP contribution in [0.15, 0.2) is 24.3 Å². The van der Waals surface area contributed by atoms with Gasteiger partial charge in [0.1, 0.15) is 5.56 Å². The Kier molecular flexibility index (Phi) is 9.96. The highest BCUT2D eigenvalue weighted by molar-refractivity contribution is 5.99. The SMILES string of the molecule is O=C(NC1CCC(C(F)(F)F)CC1)c1cc2[nH]c(Nc3cc(CNC(=O)C(F)F)ccc3C(F)(F)F)nc2nc1OCC(F)F. The third-order valence-electron chi connectivity index (χ3n) is 6.86. The van der Waals surface area contributed by atoms with Gasteiger partial charge < -0.3 is 25.7 Å². The Morgan fingerprint density at radius 3 is 2.27 bits per heavy atom. The van der Waals surface area contributed by atoms with E-state index in [0.29, 0.717) is 6.07 Å². The molecule has 0 atom stereocenters. The fraction of sp³-hybridized carbons (Fsp3) is 0.462. The number of aromatic amines is 1. The third kappa shape index (κ3) is 8.65. The predicted octanol–water partition coefficient (Wildman–Crippen LogP) is 6.10. The molecule has 9 nitrogen and oxygen atoms in total. The molecule has 3 aromatic rings. The molecule has 2 heterocycles. The van der Waals surface area contributed by atoms with E-state index in [4.69, 9.17) is 4.74 Å². The minimum atomic E-state index is -4.89. The van der Waals surface area contributed by atoms with Crippen molar-refractivity contribution in [3.05, 3.63) is 41.0 Å². The molecule has 0 radical (unpaired) electrons. The van der Waals surface area contributed by atoms with E-state index < -0.39 is 79.3 Å². The highest BCUT2D eigenvalue weighted by atomic mass is 19.4. The number of benzene rings is 1. The first-order chi connectivity index (χ1) is 21.0. The number of hydrogen-bond acceptors (Lipinski definition) is 6. The molecule has 1 saturated carbocycles. The lowest BCUT2D eigenvalue weighted by Gasteiger charge is -2.30. The molecular formula is C26H24F10N6O3. The second kappa shape index (κ2) is 13.4. The molecule has 4 rings (SSSR count). The second-order valence-corrected chi connectivity index (χ2v) is 10.1. The standard InChI is InChI=1S/C26H24F10N6O3/c27-18(28)10-45-23-14(21(43)38-13-4-2-12(3-5-13)25(31,32)33)8-17-20(41-23)42-24(40-17)39-16-7-11(9-37-22(44)19(29)30)1-6-15(16)26(34,35)36/h1,6-8,12-13,18-19H,2-5,9-10H2,(H,37,44)(H,38,43)(H2,39,40,41,42). The molecule has 0 bridgehead atoms. The average molecular weight is 658 g/mol. The quantitative estimate of drug-likeness (QED) is 0.196. The number of hydrogen-bond donors (Lipinski definition) is 4. The Labute approximate surface area is 247 Å². The van der Waals surface area contributed by atoms with Gasteiger partial charge in [0.25, 0.3) is 18.2 Å². The van der Waals surface area contributed by atoms with Crippen LogP contribution in [0.4, 0.5) is 55.5 Å². The molecule has 0 saturated heterocycles. The summed E-state index contributed by atoms with van der Waals surface area (Å²) >= 11 is 0. The van der Waals surface area contributed by atoms with Crippen LogP contribution in [0.3, 0.4) is 0 Å². The van der Waals surface area contributed by atoms with Gasteiger partial charge in [0.15, 0.2) is 12.3 Å². The van der Waals surface area contributed by atoms with Crippen LogP contribution in [0.1, 0.15) is 47.2 Å². The van der Waals surface area contributed by atoms with Crippen molar-refractivity contribution in [3.8, 4) is 5.88 Å². The van der Waals surface area contributed by atoms with E-state index in [1.807, 2.05) is 5.32 Å². The van der Waals surface area contributed by atoms with Gasteiger partial charge in [-0.3, -0.25) is 9.59 Å². The van der Waals surface area contributed by atoms with E-state index in [2.05, 4.69) is 25.6 Å². The van der Waals surface area contributed by atoms with E-state index in [1.54, 1.807) is 0 Å².